The minimum absolute atomic E-state index is 0.0120. The summed E-state index contributed by atoms with van der Waals surface area (Å²) < 4.78 is 6.02. The van der Waals surface area contributed by atoms with Crippen LogP contribution in [-0.4, -0.2) is 21.7 Å². The number of aromatic nitrogens is 1. The molecule has 0 saturated carbocycles. The molecule has 0 fully saturated rings. The van der Waals surface area contributed by atoms with E-state index in [2.05, 4.69) is 20.9 Å². The molecule has 0 saturated heterocycles. The SMILES string of the molecule is O=C(C1=C(O)C(=O)N(Cc2ccc[nH+]c2)C1c1cccc(Br)c1)c1ccco1. The summed E-state index contributed by atoms with van der Waals surface area (Å²) in [5.41, 5.74) is 1.56. The fraction of sp³-hybridized carbons (Fsp3) is 0.0952. The van der Waals surface area contributed by atoms with E-state index in [0.29, 0.717) is 5.56 Å². The first-order valence-corrected chi connectivity index (χ1v) is 9.38. The molecule has 0 spiro atoms. The van der Waals surface area contributed by atoms with Crippen molar-refractivity contribution in [2.75, 3.05) is 0 Å². The molecule has 0 bridgehead atoms. The van der Waals surface area contributed by atoms with Crippen LogP contribution < -0.4 is 4.98 Å². The summed E-state index contributed by atoms with van der Waals surface area (Å²) in [6.45, 7) is 0.229. The normalized spacial score (nSPS) is 16.7. The second-order valence-electron chi connectivity index (χ2n) is 6.37. The Morgan fingerprint density at radius 1 is 1.21 bits per heavy atom. The Kier molecular flexibility index (Phi) is 4.83. The van der Waals surface area contributed by atoms with Gasteiger partial charge in [-0.15, -0.1) is 0 Å². The number of halogens is 1. The Morgan fingerprint density at radius 2 is 2.07 bits per heavy atom. The number of Topliss-reactive ketones (excluding diaryl/α,β-unsaturated/α-hetero) is 1. The van der Waals surface area contributed by atoms with Crippen LogP contribution in [0.1, 0.15) is 27.7 Å². The largest absolute Gasteiger partial charge is 0.503 e. The summed E-state index contributed by atoms with van der Waals surface area (Å²) in [6, 6.07) is 13.4. The van der Waals surface area contributed by atoms with Gasteiger partial charge in [-0.2, -0.15) is 0 Å². The van der Waals surface area contributed by atoms with E-state index in [0.717, 1.165) is 10.0 Å². The fourth-order valence-electron chi connectivity index (χ4n) is 3.34. The number of rotatable bonds is 5. The highest BCUT2D eigenvalue weighted by Crippen LogP contribution is 2.40. The molecule has 28 heavy (non-hydrogen) atoms. The predicted octanol–water partition coefficient (Wildman–Crippen LogP) is 3.63. The second-order valence-corrected chi connectivity index (χ2v) is 7.29. The number of aliphatic hydroxyl groups excluding tert-OH is 1. The van der Waals surface area contributed by atoms with Crippen molar-refractivity contribution in [2.24, 2.45) is 0 Å². The zero-order chi connectivity index (χ0) is 19.7. The molecule has 1 aromatic carbocycles. The molecular weight excluding hydrogens is 424 g/mol. The van der Waals surface area contributed by atoms with Crippen molar-refractivity contribution in [2.45, 2.75) is 12.6 Å². The monoisotopic (exact) mass is 439 g/mol. The van der Waals surface area contributed by atoms with E-state index in [4.69, 9.17) is 4.42 Å². The van der Waals surface area contributed by atoms with Crippen molar-refractivity contribution >= 4 is 27.6 Å². The summed E-state index contributed by atoms with van der Waals surface area (Å²) in [5, 5.41) is 10.6. The van der Waals surface area contributed by atoms with Gasteiger partial charge >= 0.3 is 0 Å². The van der Waals surface area contributed by atoms with Crippen molar-refractivity contribution in [3.05, 3.63) is 99.9 Å². The predicted molar refractivity (Wildman–Crippen MR) is 103 cm³/mol. The van der Waals surface area contributed by atoms with Gasteiger partial charge in [-0.05, 0) is 35.9 Å². The number of pyridine rings is 1. The van der Waals surface area contributed by atoms with Gasteiger partial charge in [0.1, 0.15) is 0 Å². The van der Waals surface area contributed by atoms with E-state index >= 15 is 0 Å². The van der Waals surface area contributed by atoms with Gasteiger partial charge in [0.2, 0.25) is 5.78 Å². The molecule has 140 valence electrons. The van der Waals surface area contributed by atoms with Gasteiger partial charge in [0.15, 0.2) is 23.9 Å². The summed E-state index contributed by atoms with van der Waals surface area (Å²) in [7, 11) is 0. The highest BCUT2D eigenvalue weighted by molar-refractivity contribution is 9.10. The van der Waals surface area contributed by atoms with Gasteiger partial charge < -0.3 is 14.4 Å². The number of carbonyl (C=O) groups excluding carboxylic acids is 2. The van der Waals surface area contributed by atoms with E-state index in [1.807, 2.05) is 36.4 Å². The third-order valence-electron chi connectivity index (χ3n) is 4.58. The van der Waals surface area contributed by atoms with Gasteiger partial charge in [0.25, 0.3) is 5.91 Å². The van der Waals surface area contributed by atoms with Crippen molar-refractivity contribution in [1.82, 2.24) is 4.90 Å². The van der Waals surface area contributed by atoms with Crippen LogP contribution in [-0.2, 0) is 11.3 Å². The Labute approximate surface area is 169 Å². The van der Waals surface area contributed by atoms with Crippen molar-refractivity contribution < 1.29 is 24.1 Å². The molecule has 1 aliphatic rings. The number of aromatic amines is 1. The summed E-state index contributed by atoms with van der Waals surface area (Å²) in [5.74, 6) is -1.58. The minimum atomic E-state index is -0.734. The number of amides is 1. The van der Waals surface area contributed by atoms with E-state index in [9.17, 15) is 14.7 Å². The summed E-state index contributed by atoms with van der Waals surface area (Å²) in [4.78, 5) is 30.4. The molecule has 7 heteroatoms. The zero-order valence-corrected chi connectivity index (χ0v) is 16.2. The third kappa shape index (κ3) is 3.25. The van der Waals surface area contributed by atoms with Gasteiger partial charge in [0.05, 0.1) is 24.4 Å². The first-order valence-electron chi connectivity index (χ1n) is 8.59. The molecule has 3 heterocycles. The number of carbonyl (C=O) groups is 2. The highest BCUT2D eigenvalue weighted by Gasteiger charge is 2.44. The molecule has 2 N–H and O–H groups in total. The van der Waals surface area contributed by atoms with Crippen LogP contribution >= 0.6 is 15.9 Å². The number of nitrogens with one attached hydrogen (secondary N) is 1. The van der Waals surface area contributed by atoms with Gasteiger partial charge in [-0.3, -0.25) is 9.59 Å². The molecule has 6 nitrogen and oxygen atoms in total. The standard InChI is InChI=1S/C21H15BrN2O4/c22-15-6-1-5-14(10-15)18-17(19(25)16-7-3-9-28-16)20(26)21(27)24(18)12-13-4-2-8-23-11-13/h1-11,18,26H,12H2/p+1. The van der Waals surface area contributed by atoms with Crippen LogP contribution in [0.5, 0.6) is 0 Å². The van der Waals surface area contributed by atoms with Crippen LogP contribution in [0.2, 0.25) is 0 Å². The van der Waals surface area contributed by atoms with Crippen LogP contribution in [0.3, 0.4) is 0 Å². The summed E-state index contributed by atoms with van der Waals surface area (Å²) >= 11 is 3.43. The van der Waals surface area contributed by atoms with Crippen molar-refractivity contribution in [3.8, 4) is 0 Å². The van der Waals surface area contributed by atoms with Crippen LogP contribution in [0.15, 0.2) is 87.4 Å². The van der Waals surface area contributed by atoms with E-state index in [1.165, 1.54) is 17.2 Å². The maximum absolute atomic E-state index is 13.0. The Balaban J connectivity index is 1.81. The first-order chi connectivity index (χ1) is 13.6. The molecule has 0 radical (unpaired) electrons. The van der Waals surface area contributed by atoms with Crippen molar-refractivity contribution in [3.63, 3.8) is 0 Å². The lowest BCUT2D eigenvalue weighted by atomic mass is 9.95. The highest BCUT2D eigenvalue weighted by atomic mass is 79.9. The average Bonchev–Trinajstić information content (AvgIpc) is 3.32. The van der Waals surface area contributed by atoms with Gasteiger partial charge in [-0.25, -0.2) is 4.98 Å². The quantitative estimate of drug-likeness (QED) is 0.614. The Bertz CT molecular complexity index is 1060. The molecule has 1 unspecified atom stereocenters. The molecule has 0 aliphatic carbocycles. The second kappa shape index (κ2) is 7.44. The lowest BCUT2D eigenvalue weighted by molar-refractivity contribution is -0.378. The number of ketones is 1. The van der Waals surface area contributed by atoms with Crippen LogP contribution in [0.25, 0.3) is 0 Å². The molecule has 1 atom stereocenters. The van der Waals surface area contributed by atoms with E-state index in [1.54, 1.807) is 18.5 Å². The number of hydrogen-bond acceptors (Lipinski definition) is 4. The number of hydrogen-bond donors (Lipinski definition) is 1. The van der Waals surface area contributed by atoms with Gasteiger partial charge in [-0.1, -0.05) is 28.1 Å². The smallest absolute Gasteiger partial charge is 0.290 e. The fourth-order valence-corrected chi connectivity index (χ4v) is 3.75. The number of furan rings is 1. The maximum Gasteiger partial charge on any atom is 0.290 e. The van der Waals surface area contributed by atoms with E-state index < -0.39 is 23.5 Å². The molecule has 1 amide bonds. The number of nitrogens with zero attached hydrogens (tertiary/aromatic N) is 1. The maximum atomic E-state index is 13.0. The summed E-state index contributed by atoms with van der Waals surface area (Å²) in [6.07, 6.45) is 4.92. The topological polar surface area (TPSA) is 84.9 Å². The lowest BCUT2D eigenvalue weighted by Crippen LogP contribution is -2.31. The first kappa shape index (κ1) is 18.2. The molecule has 2 aromatic heterocycles. The number of H-pyrrole nitrogens is 1. The molecule has 1 aliphatic heterocycles. The van der Waals surface area contributed by atoms with Gasteiger partial charge in [0, 0.05) is 16.1 Å². The molecular formula is C21H16BrN2O4+. The third-order valence-corrected chi connectivity index (χ3v) is 5.08. The van der Waals surface area contributed by atoms with Crippen molar-refractivity contribution in [1.29, 1.82) is 0 Å². The number of aliphatic hydroxyl groups is 1. The van der Waals surface area contributed by atoms with E-state index in [-0.39, 0.29) is 17.9 Å². The minimum Gasteiger partial charge on any atom is -0.503 e. The number of benzene rings is 1. The molecule has 3 aromatic rings. The average molecular weight is 440 g/mol. The zero-order valence-electron chi connectivity index (χ0n) is 14.6. The van der Waals surface area contributed by atoms with Crippen LogP contribution in [0.4, 0.5) is 0 Å². The molecule has 4 rings (SSSR count). The lowest BCUT2D eigenvalue weighted by Gasteiger charge is -2.26. The Morgan fingerprint density at radius 3 is 2.75 bits per heavy atom. The van der Waals surface area contributed by atoms with Crippen LogP contribution in [0, 0.1) is 0 Å². The Hall–Kier alpha value is -3.19.